The van der Waals surface area contributed by atoms with Crippen LogP contribution in [0.3, 0.4) is 0 Å². The number of fused-ring (bicyclic) bond motifs is 1. The molecule has 6 heteroatoms. The largest absolute Gasteiger partial charge is 0.487 e. The monoisotopic (exact) mass is 432 g/mol. The molecule has 1 unspecified atom stereocenters. The lowest BCUT2D eigenvalue weighted by Gasteiger charge is -2.32. The highest BCUT2D eigenvalue weighted by Gasteiger charge is 2.38. The molecule has 0 radical (unpaired) electrons. The Morgan fingerprint density at radius 1 is 0.906 bits per heavy atom. The Labute approximate surface area is 188 Å². The molecule has 2 aliphatic heterocycles. The lowest BCUT2D eigenvalue weighted by atomic mass is 9.94. The zero-order valence-electron chi connectivity index (χ0n) is 18.1. The number of nitrogens with zero attached hydrogens (tertiary/aromatic N) is 1. The molecule has 1 aliphatic carbocycles. The van der Waals surface area contributed by atoms with E-state index in [4.69, 9.17) is 9.47 Å². The first-order valence-corrected chi connectivity index (χ1v) is 11.4. The van der Waals surface area contributed by atoms with Crippen LogP contribution in [0, 0.1) is 0 Å². The molecule has 2 amide bonds. The molecule has 6 nitrogen and oxygen atoms in total. The second-order valence-electron chi connectivity index (χ2n) is 8.81. The predicted molar refractivity (Wildman–Crippen MR) is 120 cm³/mol. The third-order valence-corrected chi connectivity index (χ3v) is 6.57. The number of hydrogen-bond donors (Lipinski definition) is 1. The minimum absolute atomic E-state index is 0.00318. The van der Waals surface area contributed by atoms with Gasteiger partial charge in [0.05, 0.1) is 0 Å². The first-order chi connectivity index (χ1) is 15.6. The van der Waals surface area contributed by atoms with Crippen LogP contribution in [0.2, 0.25) is 0 Å². The van der Waals surface area contributed by atoms with Gasteiger partial charge in [0.15, 0.2) is 0 Å². The van der Waals surface area contributed by atoms with E-state index in [1.807, 2.05) is 48.5 Å². The van der Waals surface area contributed by atoms with Crippen molar-refractivity contribution in [3.63, 3.8) is 0 Å². The summed E-state index contributed by atoms with van der Waals surface area (Å²) in [5.74, 6) is 1.36. The smallest absolute Gasteiger partial charge is 0.255 e. The minimum Gasteiger partial charge on any atom is -0.487 e. The lowest BCUT2D eigenvalue weighted by molar-refractivity contribution is -0.126. The van der Waals surface area contributed by atoms with E-state index in [9.17, 15) is 9.59 Å². The maximum atomic E-state index is 12.9. The van der Waals surface area contributed by atoms with Crippen molar-refractivity contribution in [2.45, 2.75) is 63.3 Å². The predicted octanol–water partition coefficient (Wildman–Crippen LogP) is 4.20. The fraction of sp³-hybridized carbons (Fsp3) is 0.385. The summed E-state index contributed by atoms with van der Waals surface area (Å²) in [5, 5.41) is 2.78. The van der Waals surface area contributed by atoms with Crippen LogP contribution in [0.1, 0.15) is 54.4 Å². The number of para-hydroxylation sites is 1. The number of nitrogens with one attached hydrogen (secondary N) is 1. The summed E-state index contributed by atoms with van der Waals surface area (Å²) in [6.07, 6.45) is 5.38. The summed E-state index contributed by atoms with van der Waals surface area (Å²) in [5.41, 5.74) is 2.27. The zero-order valence-corrected chi connectivity index (χ0v) is 18.1. The van der Waals surface area contributed by atoms with Crippen molar-refractivity contribution in [3.8, 4) is 11.5 Å². The summed E-state index contributed by atoms with van der Waals surface area (Å²) in [4.78, 5) is 27.0. The molecule has 5 rings (SSSR count). The van der Waals surface area contributed by atoms with Gasteiger partial charge in [0.1, 0.15) is 29.7 Å². The number of amides is 2. The molecule has 0 aromatic heterocycles. The van der Waals surface area contributed by atoms with E-state index in [0.29, 0.717) is 30.6 Å². The van der Waals surface area contributed by atoms with Gasteiger partial charge in [0.25, 0.3) is 5.91 Å². The number of piperidine rings is 1. The number of carbonyl (C=O) groups is 2. The molecule has 0 bridgehead atoms. The first kappa shape index (κ1) is 20.6. The SMILES string of the molecule is C=C1CCC(N2Cc3cc(O[C@@H]4CCCC[C@@H]4Oc4ccccc4)ccc3C2=O)C(=O)N1. The molecule has 32 heavy (non-hydrogen) atoms. The van der Waals surface area contributed by atoms with E-state index in [1.54, 1.807) is 4.90 Å². The summed E-state index contributed by atoms with van der Waals surface area (Å²) < 4.78 is 12.6. The zero-order chi connectivity index (χ0) is 22.1. The summed E-state index contributed by atoms with van der Waals surface area (Å²) >= 11 is 0. The number of rotatable bonds is 5. The molecule has 166 valence electrons. The van der Waals surface area contributed by atoms with Gasteiger partial charge in [-0.2, -0.15) is 0 Å². The molecule has 1 saturated heterocycles. The van der Waals surface area contributed by atoms with Gasteiger partial charge >= 0.3 is 0 Å². The number of benzene rings is 2. The van der Waals surface area contributed by atoms with Gasteiger partial charge in [-0.3, -0.25) is 9.59 Å². The third kappa shape index (κ3) is 4.09. The molecule has 3 atom stereocenters. The Morgan fingerprint density at radius 3 is 2.34 bits per heavy atom. The number of ether oxygens (including phenoxy) is 2. The summed E-state index contributed by atoms with van der Waals surface area (Å²) in [6, 6.07) is 15.0. The van der Waals surface area contributed by atoms with E-state index < -0.39 is 6.04 Å². The second-order valence-corrected chi connectivity index (χ2v) is 8.81. The van der Waals surface area contributed by atoms with Crippen molar-refractivity contribution in [3.05, 3.63) is 71.9 Å². The molecule has 1 saturated carbocycles. The van der Waals surface area contributed by atoms with Gasteiger partial charge in [0, 0.05) is 17.8 Å². The van der Waals surface area contributed by atoms with E-state index in [2.05, 4.69) is 11.9 Å². The van der Waals surface area contributed by atoms with Gasteiger partial charge in [0.2, 0.25) is 5.91 Å². The molecule has 2 heterocycles. The van der Waals surface area contributed by atoms with Crippen molar-refractivity contribution in [2.75, 3.05) is 0 Å². The molecule has 2 aromatic rings. The summed E-state index contributed by atoms with van der Waals surface area (Å²) in [7, 11) is 0. The maximum Gasteiger partial charge on any atom is 0.255 e. The average molecular weight is 433 g/mol. The van der Waals surface area contributed by atoms with E-state index in [1.165, 1.54) is 0 Å². The van der Waals surface area contributed by atoms with Gasteiger partial charge in [-0.25, -0.2) is 0 Å². The van der Waals surface area contributed by atoms with Gasteiger partial charge in [-0.1, -0.05) is 24.8 Å². The highest BCUT2D eigenvalue weighted by Crippen LogP contribution is 2.33. The Morgan fingerprint density at radius 2 is 1.62 bits per heavy atom. The second kappa shape index (κ2) is 8.69. The number of hydrogen-bond acceptors (Lipinski definition) is 4. The van der Waals surface area contributed by atoms with Crippen molar-refractivity contribution < 1.29 is 19.1 Å². The van der Waals surface area contributed by atoms with Crippen LogP contribution in [0.15, 0.2) is 60.8 Å². The molecule has 2 aromatic carbocycles. The van der Waals surface area contributed by atoms with Crippen LogP contribution in [-0.2, 0) is 11.3 Å². The van der Waals surface area contributed by atoms with Gasteiger partial charge < -0.3 is 19.7 Å². The molecule has 2 fully saturated rings. The highest BCUT2D eigenvalue weighted by atomic mass is 16.5. The maximum absolute atomic E-state index is 12.9. The standard InChI is InChI=1S/C26H28N2O4/c1-17-11-14-22(25(29)27-17)28-16-18-15-20(12-13-21(18)26(28)30)32-24-10-6-5-9-23(24)31-19-7-3-2-4-8-19/h2-4,7-8,12-13,15,22-24H,1,5-6,9-11,14,16H2,(H,27,29)/t22?,23-,24+/m0/s1. The van der Waals surface area contributed by atoms with Crippen molar-refractivity contribution in [2.24, 2.45) is 0 Å². The quantitative estimate of drug-likeness (QED) is 0.769. The Bertz CT molecular complexity index is 1040. The van der Waals surface area contributed by atoms with E-state index >= 15 is 0 Å². The van der Waals surface area contributed by atoms with Crippen LogP contribution in [0.5, 0.6) is 11.5 Å². The first-order valence-electron chi connectivity index (χ1n) is 11.4. The molecular formula is C26H28N2O4. The Kier molecular flexibility index (Phi) is 5.60. The molecule has 3 aliphatic rings. The Hall–Kier alpha value is -3.28. The van der Waals surface area contributed by atoms with Gasteiger partial charge in [-0.05, 0) is 74.4 Å². The van der Waals surface area contributed by atoms with Crippen LogP contribution >= 0.6 is 0 Å². The van der Waals surface area contributed by atoms with Gasteiger partial charge in [-0.15, -0.1) is 0 Å². The number of carbonyl (C=O) groups excluding carboxylic acids is 2. The normalized spacial score (nSPS) is 25.3. The van der Waals surface area contributed by atoms with Crippen molar-refractivity contribution in [1.29, 1.82) is 0 Å². The molecular weight excluding hydrogens is 404 g/mol. The fourth-order valence-corrected chi connectivity index (χ4v) is 4.89. The van der Waals surface area contributed by atoms with E-state index in [0.717, 1.165) is 42.7 Å². The van der Waals surface area contributed by atoms with Crippen LogP contribution < -0.4 is 14.8 Å². The third-order valence-electron chi connectivity index (χ3n) is 6.57. The molecule has 0 spiro atoms. The van der Waals surface area contributed by atoms with Crippen molar-refractivity contribution in [1.82, 2.24) is 10.2 Å². The summed E-state index contributed by atoms with van der Waals surface area (Å²) in [6.45, 7) is 4.24. The fourth-order valence-electron chi connectivity index (χ4n) is 4.89. The average Bonchev–Trinajstić information content (AvgIpc) is 3.11. The van der Waals surface area contributed by atoms with Crippen LogP contribution in [-0.4, -0.2) is 35.0 Å². The van der Waals surface area contributed by atoms with Crippen LogP contribution in [0.25, 0.3) is 0 Å². The lowest BCUT2D eigenvalue weighted by Crippen LogP contribution is -2.49. The topological polar surface area (TPSA) is 67.9 Å². The Balaban J connectivity index is 1.29. The molecule has 1 N–H and O–H groups in total. The highest BCUT2D eigenvalue weighted by molar-refractivity contribution is 6.01. The van der Waals surface area contributed by atoms with Crippen LogP contribution in [0.4, 0.5) is 0 Å². The number of allylic oxidation sites excluding steroid dienone is 1. The van der Waals surface area contributed by atoms with E-state index in [-0.39, 0.29) is 24.0 Å². The van der Waals surface area contributed by atoms with Crippen molar-refractivity contribution >= 4 is 11.8 Å². The minimum atomic E-state index is -0.452.